The molecule has 1 aromatic heterocycles. The summed E-state index contributed by atoms with van der Waals surface area (Å²) >= 11 is 6.87. The van der Waals surface area contributed by atoms with Crippen LogP contribution in [0.3, 0.4) is 0 Å². The molecule has 98 valence electrons. The van der Waals surface area contributed by atoms with E-state index in [1.165, 1.54) is 5.56 Å². The van der Waals surface area contributed by atoms with Gasteiger partial charge in [0, 0.05) is 12.2 Å². The number of nitrogens with zero attached hydrogens (tertiary/aromatic N) is 3. The minimum absolute atomic E-state index is 0.112. The van der Waals surface area contributed by atoms with Crippen LogP contribution in [0, 0.1) is 0 Å². The fourth-order valence-corrected chi connectivity index (χ4v) is 3.09. The van der Waals surface area contributed by atoms with E-state index in [2.05, 4.69) is 16.3 Å². The highest BCUT2D eigenvalue weighted by Gasteiger charge is 2.24. The molecule has 3 rings (SSSR count). The van der Waals surface area contributed by atoms with Crippen molar-refractivity contribution in [1.29, 1.82) is 0 Å². The second-order valence-corrected chi connectivity index (χ2v) is 5.96. The second-order valence-electron chi connectivity index (χ2n) is 4.40. The first-order valence-electron chi connectivity index (χ1n) is 6.14. The summed E-state index contributed by atoms with van der Waals surface area (Å²) in [6, 6.07) is 8.03. The lowest BCUT2D eigenvalue weighted by Crippen LogP contribution is -2.31. The molecule has 1 aliphatic heterocycles. The molecule has 1 aromatic carbocycles. The Balaban J connectivity index is 1.98. The number of para-hydroxylation sites is 1. The summed E-state index contributed by atoms with van der Waals surface area (Å²) in [6.07, 6.45) is 3.10. The van der Waals surface area contributed by atoms with Crippen LogP contribution in [0.5, 0.6) is 0 Å². The van der Waals surface area contributed by atoms with E-state index in [-0.39, 0.29) is 5.91 Å². The zero-order valence-corrected chi connectivity index (χ0v) is 11.7. The Kier molecular flexibility index (Phi) is 3.48. The second kappa shape index (κ2) is 5.27. The van der Waals surface area contributed by atoms with Gasteiger partial charge in [0.25, 0.3) is 5.91 Å². The average Bonchev–Trinajstić information content (AvgIpc) is 2.74. The molecule has 0 aliphatic carbocycles. The molecular formula is C13H12ClN3OS. The number of rotatable bonds is 1. The van der Waals surface area contributed by atoms with Gasteiger partial charge in [-0.1, -0.05) is 29.5 Å². The first-order valence-corrected chi connectivity index (χ1v) is 7.34. The zero-order valence-electron chi connectivity index (χ0n) is 10.2. The average molecular weight is 294 g/mol. The quantitative estimate of drug-likeness (QED) is 0.811. The number of aromatic nitrogens is 2. The van der Waals surface area contributed by atoms with Crippen LogP contribution in [0.15, 0.2) is 24.3 Å². The SMILES string of the molecule is O=C(c1nnc(Cl)s1)N1CCCCc2ccccc21. The molecule has 1 aliphatic rings. The van der Waals surface area contributed by atoms with Crippen LogP contribution in [0.2, 0.25) is 4.47 Å². The summed E-state index contributed by atoms with van der Waals surface area (Å²) in [5.74, 6) is -0.112. The van der Waals surface area contributed by atoms with Gasteiger partial charge in [0.15, 0.2) is 0 Å². The van der Waals surface area contributed by atoms with Gasteiger partial charge in [-0.2, -0.15) is 0 Å². The van der Waals surface area contributed by atoms with Crippen molar-refractivity contribution >= 4 is 34.5 Å². The van der Waals surface area contributed by atoms with Gasteiger partial charge in [-0.3, -0.25) is 4.79 Å². The predicted octanol–water partition coefficient (Wildman–Crippen LogP) is 3.17. The van der Waals surface area contributed by atoms with Crippen LogP contribution in [0.25, 0.3) is 0 Å². The van der Waals surface area contributed by atoms with Gasteiger partial charge in [0.1, 0.15) is 0 Å². The third kappa shape index (κ3) is 2.48. The van der Waals surface area contributed by atoms with Gasteiger partial charge in [-0.15, -0.1) is 10.2 Å². The fourth-order valence-electron chi connectivity index (χ4n) is 2.31. The van der Waals surface area contributed by atoms with Crippen LogP contribution in [-0.2, 0) is 6.42 Å². The number of anilines is 1. The van der Waals surface area contributed by atoms with Gasteiger partial charge in [-0.25, -0.2) is 0 Å². The monoisotopic (exact) mass is 293 g/mol. The lowest BCUT2D eigenvalue weighted by atomic mass is 10.1. The Morgan fingerprint density at radius 1 is 1.26 bits per heavy atom. The van der Waals surface area contributed by atoms with Crippen LogP contribution < -0.4 is 4.90 Å². The van der Waals surface area contributed by atoms with E-state index < -0.39 is 0 Å². The fraction of sp³-hybridized carbons (Fsp3) is 0.308. The number of hydrogen-bond donors (Lipinski definition) is 0. The molecular weight excluding hydrogens is 282 g/mol. The van der Waals surface area contributed by atoms with Crippen molar-refractivity contribution in [3.8, 4) is 0 Å². The Bertz CT molecular complexity index is 613. The number of hydrogen-bond acceptors (Lipinski definition) is 4. The van der Waals surface area contributed by atoms with Gasteiger partial charge in [0.2, 0.25) is 9.47 Å². The van der Waals surface area contributed by atoms with E-state index in [4.69, 9.17) is 11.6 Å². The summed E-state index contributed by atoms with van der Waals surface area (Å²) in [7, 11) is 0. The standard InChI is InChI=1S/C13H12ClN3OS/c14-13-16-15-11(19-13)12(18)17-8-4-3-6-9-5-1-2-7-10(9)17/h1-2,5,7H,3-4,6,8H2. The van der Waals surface area contributed by atoms with Crippen molar-refractivity contribution in [3.63, 3.8) is 0 Å². The molecule has 4 nitrogen and oxygen atoms in total. The Hall–Kier alpha value is -1.46. The third-order valence-electron chi connectivity index (χ3n) is 3.19. The first-order chi connectivity index (χ1) is 9.25. The van der Waals surface area contributed by atoms with Gasteiger partial charge in [-0.05, 0) is 42.5 Å². The number of benzene rings is 1. The van der Waals surface area contributed by atoms with Gasteiger partial charge < -0.3 is 4.90 Å². The zero-order chi connectivity index (χ0) is 13.2. The van der Waals surface area contributed by atoms with Crippen molar-refractivity contribution in [2.24, 2.45) is 0 Å². The number of carbonyl (C=O) groups excluding carboxylic acids is 1. The highest BCUT2D eigenvalue weighted by Crippen LogP contribution is 2.28. The van der Waals surface area contributed by atoms with Crippen molar-refractivity contribution in [3.05, 3.63) is 39.3 Å². The highest BCUT2D eigenvalue weighted by atomic mass is 35.5. The summed E-state index contributed by atoms with van der Waals surface area (Å²) in [4.78, 5) is 14.3. The highest BCUT2D eigenvalue weighted by molar-refractivity contribution is 7.17. The number of halogens is 1. The normalized spacial score (nSPS) is 14.9. The molecule has 0 N–H and O–H groups in total. The molecule has 0 bridgehead atoms. The molecule has 2 aromatic rings. The molecule has 0 fully saturated rings. The molecule has 1 amide bonds. The Morgan fingerprint density at radius 3 is 2.89 bits per heavy atom. The van der Waals surface area contributed by atoms with Gasteiger partial charge >= 0.3 is 0 Å². The molecule has 0 radical (unpaired) electrons. The van der Waals surface area contributed by atoms with Crippen molar-refractivity contribution in [2.45, 2.75) is 19.3 Å². The van der Waals surface area contributed by atoms with E-state index in [0.717, 1.165) is 36.3 Å². The lowest BCUT2D eigenvalue weighted by molar-refractivity contribution is 0.0986. The minimum Gasteiger partial charge on any atom is -0.306 e. The molecule has 6 heteroatoms. The molecule has 2 heterocycles. The lowest BCUT2D eigenvalue weighted by Gasteiger charge is -2.21. The van der Waals surface area contributed by atoms with Crippen molar-refractivity contribution in [1.82, 2.24) is 10.2 Å². The summed E-state index contributed by atoms with van der Waals surface area (Å²) < 4.78 is 0.298. The summed E-state index contributed by atoms with van der Waals surface area (Å²) in [5, 5.41) is 7.89. The molecule has 0 atom stereocenters. The maximum atomic E-state index is 12.5. The van der Waals surface area contributed by atoms with Crippen LogP contribution >= 0.6 is 22.9 Å². The van der Waals surface area contributed by atoms with Crippen LogP contribution in [0.1, 0.15) is 28.2 Å². The molecule has 0 saturated carbocycles. The number of carbonyl (C=O) groups is 1. The Morgan fingerprint density at radius 2 is 2.11 bits per heavy atom. The van der Waals surface area contributed by atoms with Crippen molar-refractivity contribution < 1.29 is 4.79 Å². The van der Waals surface area contributed by atoms with E-state index >= 15 is 0 Å². The van der Waals surface area contributed by atoms with E-state index in [1.54, 1.807) is 4.90 Å². The summed E-state index contributed by atoms with van der Waals surface area (Å²) in [5.41, 5.74) is 2.19. The van der Waals surface area contributed by atoms with E-state index in [9.17, 15) is 4.79 Å². The molecule has 0 spiro atoms. The summed E-state index contributed by atoms with van der Waals surface area (Å²) in [6.45, 7) is 0.715. The van der Waals surface area contributed by atoms with Gasteiger partial charge in [0.05, 0.1) is 0 Å². The van der Waals surface area contributed by atoms with E-state index in [1.807, 2.05) is 18.2 Å². The number of amides is 1. The maximum absolute atomic E-state index is 12.5. The minimum atomic E-state index is -0.112. The van der Waals surface area contributed by atoms with Crippen LogP contribution in [-0.4, -0.2) is 22.6 Å². The van der Waals surface area contributed by atoms with E-state index in [0.29, 0.717) is 16.0 Å². The Labute approximate surface area is 120 Å². The first kappa shape index (κ1) is 12.6. The predicted molar refractivity (Wildman–Crippen MR) is 76.0 cm³/mol. The van der Waals surface area contributed by atoms with Crippen LogP contribution in [0.4, 0.5) is 5.69 Å². The molecule has 0 unspecified atom stereocenters. The molecule has 19 heavy (non-hydrogen) atoms. The largest absolute Gasteiger partial charge is 0.306 e. The topological polar surface area (TPSA) is 46.1 Å². The molecule has 0 saturated heterocycles. The van der Waals surface area contributed by atoms with Crippen molar-refractivity contribution in [2.75, 3.05) is 11.4 Å². The third-order valence-corrected chi connectivity index (χ3v) is 4.20. The number of aryl methyl sites for hydroxylation is 1. The number of fused-ring (bicyclic) bond motifs is 1. The smallest absolute Gasteiger partial charge is 0.289 e. The maximum Gasteiger partial charge on any atom is 0.289 e.